The van der Waals surface area contributed by atoms with E-state index in [1.54, 1.807) is 0 Å². The predicted molar refractivity (Wildman–Crippen MR) is 102 cm³/mol. The first-order valence-corrected chi connectivity index (χ1v) is 9.77. The summed E-state index contributed by atoms with van der Waals surface area (Å²) >= 11 is 0. The van der Waals surface area contributed by atoms with Crippen LogP contribution in [0, 0.1) is 5.92 Å². The highest BCUT2D eigenvalue weighted by Crippen LogP contribution is 2.28. The van der Waals surface area contributed by atoms with Crippen LogP contribution in [-0.2, 0) is 14.9 Å². The van der Waals surface area contributed by atoms with Gasteiger partial charge in [0.05, 0.1) is 19.8 Å². The molecule has 2 heterocycles. The Labute approximate surface area is 152 Å². The third-order valence-corrected chi connectivity index (χ3v) is 6.26. The minimum absolute atomic E-state index is 0.100. The molecular formula is C21H34N2O2. The van der Waals surface area contributed by atoms with Gasteiger partial charge in [-0.25, -0.2) is 0 Å². The summed E-state index contributed by atoms with van der Waals surface area (Å²) in [5, 5.41) is 3.86. The maximum atomic E-state index is 5.69. The van der Waals surface area contributed by atoms with Crippen LogP contribution in [0.2, 0.25) is 0 Å². The number of benzene rings is 1. The van der Waals surface area contributed by atoms with Gasteiger partial charge >= 0.3 is 0 Å². The summed E-state index contributed by atoms with van der Waals surface area (Å²) in [7, 11) is 0. The zero-order valence-electron chi connectivity index (χ0n) is 16.0. The van der Waals surface area contributed by atoms with Gasteiger partial charge in [-0.1, -0.05) is 44.2 Å². The average Bonchev–Trinajstić information content (AvgIpc) is 3.18. The van der Waals surface area contributed by atoms with Crippen LogP contribution in [0.25, 0.3) is 0 Å². The van der Waals surface area contributed by atoms with Crippen molar-refractivity contribution >= 4 is 0 Å². The number of hydrogen-bond donors (Lipinski definition) is 1. The van der Waals surface area contributed by atoms with Crippen LogP contribution in [0.1, 0.15) is 32.8 Å². The summed E-state index contributed by atoms with van der Waals surface area (Å²) in [5.41, 5.74) is 1.49. The van der Waals surface area contributed by atoms with Crippen molar-refractivity contribution in [1.29, 1.82) is 0 Å². The van der Waals surface area contributed by atoms with Gasteiger partial charge in [-0.2, -0.15) is 0 Å². The van der Waals surface area contributed by atoms with E-state index in [0.717, 1.165) is 46.1 Å². The Morgan fingerprint density at radius 1 is 1.12 bits per heavy atom. The molecule has 4 nitrogen and oxygen atoms in total. The Morgan fingerprint density at radius 2 is 1.84 bits per heavy atom. The highest BCUT2D eigenvalue weighted by atomic mass is 16.5. The molecule has 2 aliphatic heterocycles. The zero-order chi connectivity index (χ0) is 17.7. The first-order valence-electron chi connectivity index (χ1n) is 9.77. The van der Waals surface area contributed by atoms with Crippen molar-refractivity contribution < 1.29 is 9.47 Å². The fraction of sp³-hybridized carbons (Fsp3) is 0.714. The number of ether oxygens (including phenoxy) is 2. The Morgan fingerprint density at radius 3 is 2.48 bits per heavy atom. The summed E-state index contributed by atoms with van der Waals surface area (Å²) in [5.74, 6) is 0.637. The maximum Gasteiger partial charge on any atom is 0.0594 e. The quantitative estimate of drug-likeness (QED) is 0.823. The van der Waals surface area contributed by atoms with E-state index in [4.69, 9.17) is 9.47 Å². The number of nitrogens with one attached hydrogen (secondary N) is 1. The standard InChI is InChI=1S/C21H34N2O2/c1-17(21(2,3)19-7-5-4-6-8-19)22-15-20(18-9-12-25-16-18)23-10-13-24-14-11-23/h4-8,17-18,20,22H,9-16H2,1-3H3/t17-,18+,20+/m0/s1. The van der Waals surface area contributed by atoms with E-state index in [9.17, 15) is 0 Å². The lowest BCUT2D eigenvalue weighted by molar-refractivity contribution is 0.000430. The first kappa shape index (κ1) is 18.8. The molecule has 1 N–H and O–H groups in total. The average molecular weight is 347 g/mol. The Bertz CT molecular complexity index is 508. The van der Waals surface area contributed by atoms with Crippen molar-refractivity contribution in [3.8, 4) is 0 Å². The second kappa shape index (κ2) is 8.63. The summed E-state index contributed by atoms with van der Waals surface area (Å²) in [6, 6.07) is 11.8. The number of morpholine rings is 1. The Kier molecular flexibility index (Phi) is 6.50. The van der Waals surface area contributed by atoms with E-state index < -0.39 is 0 Å². The number of rotatable bonds is 7. The molecule has 0 aromatic heterocycles. The second-order valence-corrected chi connectivity index (χ2v) is 8.06. The molecule has 2 fully saturated rings. The van der Waals surface area contributed by atoms with Crippen molar-refractivity contribution in [1.82, 2.24) is 10.2 Å². The fourth-order valence-electron chi connectivity index (χ4n) is 4.03. The molecule has 0 spiro atoms. The lowest BCUT2D eigenvalue weighted by Gasteiger charge is -2.40. The van der Waals surface area contributed by atoms with E-state index in [0.29, 0.717) is 18.0 Å². The molecule has 0 radical (unpaired) electrons. The molecule has 0 bridgehead atoms. The van der Waals surface area contributed by atoms with Crippen molar-refractivity contribution in [2.24, 2.45) is 5.92 Å². The van der Waals surface area contributed by atoms with Gasteiger partial charge in [-0.15, -0.1) is 0 Å². The molecule has 0 unspecified atom stereocenters. The molecule has 4 heteroatoms. The lowest BCUT2D eigenvalue weighted by Crippen LogP contribution is -2.54. The minimum atomic E-state index is 0.100. The molecule has 0 saturated carbocycles. The summed E-state index contributed by atoms with van der Waals surface area (Å²) in [6.07, 6.45) is 1.18. The van der Waals surface area contributed by atoms with Gasteiger partial charge in [0.15, 0.2) is 0 Å². The van der Waals surface area contributed by atoms with E-state index in [1.807, 2.05) is 0 Å². The fourth-order valence-corrected chi connectivity index (χ4v) is 4.03. The molecule has 1 aromatic carbocycles. The topological polar surface area (TPSA) is 33.7 Å². The van der Waals surface area contributed by atoms with Gasteiger partial charge in [0.2, 0.25) is 0 Å². The smallest absolute Gasteiger partial charge is 0.0594 e. The SMILES string of the molecule is C[C@H](NC[C@H]([C@@H]1CCOC1)N1CCOCC1)C(C)(C)c1ccccc1. The number of nitrogens with zero attached hydrogens (tertiary/aromatic N) is 1. The van der Waals surface area contributed by atoms with E-state index >= 15 is 0 Å². The Hall–Kier alpha value is -0.940. The van der Waals surface area contributed by atoms with Gasteiger partial charge < -0.3 is 14.8 Å². The van der Waals surface area contributed by atoms with Gasteiger partial charge in [0.25, 0.3) is 0 Å². The van der Waals surface area contributed by atoms with Crippen LogP contribution >= 0.6 is 0 Å². The van der Waals surface area contributed by atoms with Gasteiger partial charge in [0.1, 0.15) is 0 Å². The molecule has 0 aliphatic carbocycles. The number of hydrogen-bond acceptors (Lipinski definition) is 4. The maximum absolute atomic E-state index is 5.69. The first-order chi connectivity index (χ1) is 12.1. The summed E-state index contributed by atoms with van der Waals surface area (Å²) in [4.78, 5) is 2.61. The molecule has 140 valence electrons. The van der Waals surface area contributed by atoms with Gasteiger partial charge in [0, 0.05) is 49.7 Å². The van der Waals surface area contributed by atoms with Gasteiger partial charge in [-0.05, 0) is 18.9 Å². The normalized spacial score (nSPS) is 25.0. The van der Waals surface area contributed by atoms with Crippen molar-refractivity contribution in [3.63, 3.8) is 0 Å². The van der Waals surface area contributed by atoms with Crippen LogP contribution in [0.4, 0.5) is 0 Å². The molecule has 2 aliphatic rings. The van der Waals surface area contributed by atoms with E-state index in [-0.39, 0.29) is 5.41 Å². The van der Waals surface area contributed by atoms with E-state index in [2.05, 4.69) is 61.3 Å². The van der Waals surface area contributed by atoms with Crippen LogP contribution < -0.4 is 5.32 Å². The largest absolute Gasteiger partial charge is 0.381 e. The van der Waals surface area contributed by atoms with Crippen molar-refractivity contribution in [3.05, 3.63) is 35.9 Å². The predicted octanol–water partition coefficient (Wildman–Crippen LogP) is 2.68. The monoisotopic (exact) mass is 346 g/mol. The molecule has 25 heavy (non-hydrogen) atoms. The van der Waals surface area contributed by atoms with Crippen molar-refractivity contribution in [2.75, 3.05) is 46.1 Å². The molecule has 3 atom stereocenters. The molecular weight excluding hydrogens is 312 g/mol. The van der Waals surface area contributed by atoms with Crippen LogP contribution in [0.15, 0.2) is 30.3 Å². The van der Waals surface area contributed by atoms with Crippen molar-refractivity contribution in [2.45, 2.75) is 44.7 Å². The lowest BCUT2D eigenvalue weighted by atomic mass is 9.78. The van der Waals surface area contributed by atoms with Gasteiger partial charge in [-0.3, -0.25) is 4.90 Å². The molecule has 2 saturated heterocycles. The molecule has 3 rings (SSSR count). The van der Waals surface area contributed by atoms with Crippen LogP contribution in [0.5, 0.6) is 0 Å². The summed E-state index contributed by atoms with van der Waals surface area (Å²) < 4.78 is 11.2. The van der Waals surface area contributed by atoms with E-state index in [1.165, 1.54) is 12.0 Å². The van der Waals surface area contributed by atoms with Crippen LogP contribution in [0.3, 0.4) is 0 Å². The molecule has 0 amide bonds. The minimum Gasteiger partial charge on any atom is -0.381 e. The highest BCUT2D eigenvalue weighted by molar-refractivity contribution is 5.25. The third-order valence-electron chi connectivity index (χ3n) is 6.26. The highest BCUT2D eigenvalue weighted by Gasteiger charge is 2.33. The zero-order valence-corrected chi connectivity index (χ0v) is 16.0. The summed E-state index contributed by atoms with van der Waals surface area (Å²) in [6.45, 7) is 13.6. The van der Waals surface area contributed by atoms with Crippen LogP contribution in [-0.4, -0.2) is 63.0 Å². The Balaban J connectivity index is 1.63. The third kappa shape index (κ3) is 4.62. The molecule has 1 aromatic rings. The second-order valence-electron chi connectivity index (χ2n) is 8.06.